The van der Waals surface area contributed by atoms with Gasteiger partial charge < -0.3 is 5.32 Å². The first kappa shape index (κ1) is 14.8. The normalized spacial score (nSPS) is 17.4. The van der Waals surface area contributed by atoms with Gasteiger partial charge in [0.25, 0.3) is 5.91 Å². The van der Waals surface area contributed by atoms with Crippen molar-refractivity contribution in [3.63, 3.8) is 0 Å². The quantitative estimate of drug-likeness (QED) is 0.797. The van der Waals surface area contributed by atoms with Gasteiger partial charge in [-0.15, -0.1) is 6.58 Å². The predicted molar refractivity (Wildman–Crippen MR) is 83.8 cm³/mol. The number of hydrogen-bond acceptors (Lipinski definition) is 1. The molecule has 0 unspecified atom stereocenters. The number of benzene rings is 1. The molecule has 0 aliphatic heterocycles. The van der Waals surface area contributed by atoms with Crippen molar-refractivity contribution >= 4 is 5.91 Å². The van der Waals surface area contributed by atoms with Crippen molar-refractivity contribution in [1.82, 2.24) is 5.32 Å². The van der Waals surface area contributed by atoms with Gasteiger partial charge in [-0.2, -0.15) is 0 Å². The first-order valence-corrected chi connectivity index (χ1v) is 7.61. The molecule has 0 spiro atoms. The first-order valence-electron chi connectivity index (χ1n) is 7.61. The molecule has 1 fully saturated rings. The van der Waals surface area contributed by atoms with E-state index in [9.17, 15) is 4.79 Å². The Balaban J connectivity index is 1.96. The summed E-state index contributed by atoms with van der Waals surface area (Å²) >= 11 is 0. The van der Waals surface area contributed by atoms with Crippen molar-refractivity contribution in [1.29, 1.82) is 0 Å². The fourth-order valence-electron chi connectivity index (χ4n) is 3.14. The Morgan fingerprint density at radius 1 is 1.25 bits per heavy atom. The number of carbonyl (C=O) groups excluding carboxylic acids is 1. The Hall–Kier alpha value is -1.57. The minimum absolute atomic E-state index is 0.0408. The molecule has 108 valence electrons. The van der Waals surface area contributed by atoms with Crippen LogP contribution in [0, 0.1) is 12.3 Å². The SMILES string of the molecule is C=CCC1(CNC(=O)c2ccc(C)cc2)CCCCC1. The third-order valence-electron chi connectivity index (χ3n) is 4.43. The van der Waals surface area contributed by atoms with Crippen molar-refractivity contribution in [2.24, 2.45) is 5.41 Å². The molecule has 2 rings (SSSR count). The Morgan fingerprint density at radius 2 is 1.90 bits per heavy atom. The lowest BCUT2D eigenvalue weighted by molar-refractivity contribution is 0.0910. The summed E-state index contributed by atoms with van der Waals surface area (Å²) in [6, 6.07) is 7.75. The van der Waals surface area contributed by atoms with E-state index in [1.807, 2.05) is 37.3 Å². The summed E-state index contributed by atoms with van der Waals surface area (Å²) in [7, 11) is 0. The van der Waals surface area contributed by atoms with Crippen LogP contribution in [0.5, 0.6) is 0 Å². The highest BCUT2D eigenvalue weighted by Gasteiger charge is 2.31. The standard InChI is InChI=1S/C18H25NO/c1-3-11-18(12-5-4-6-13-18)14-19-17(20)16-9-7-15(2)8-10-16/h3,7-10H,1,4-6,11-14H2,2H3,(H,19,20). The predicted octanol–water partition coefficient (Wildman–Crippen LogP) is 4.25. The summed E-state index contributed by atoms with van der Waals surface area (Å²) in [5.41, 5.74) is 2.16. The van der Waals surface area contributed by atoms with E-state index in [2.05, 4.69) is 11.9 Å². The van der Waals surface area contributed by atoms with Crippen LogP contribution >= 0.6 is 0 Å². The minimum atomic E-state index is 0.0408. The average Bonchev–Trinajstić information content (AvgIpc) is 2.47. The third-order valence-corrected chi connectivity index (χ3v) is 4.43. The van der Waals surface area contributed by atoms with Gasteiger partial charge in [0.05, 0.1) is 0 Å². The molecule has 0 bridgehead atoms. The zero-order valence-electron chi connectivity index (χ0n) is 12.5. The summed E-state index contributed by atoms with van der Waals surface area (Å²) in [5, 5.41) is 3.13. The number of nitrogens with one attached hydrogen (secondary N) is 1. The Morgan fingerprint density at radius 3 is 2.50 bits per heavy atom. The van der Waals surface area contributed by atoms with Gasteiger partial charge in [0, 0.05) is 12.1 Å². The number of aryl methyl sites for hydroxylation is 1. The lowest BCUT2D eigenvalue weighted by Crippen LogP contribution is -2.38. The zero-order chi connectivity index (χ0) is 14.4. The van der Waals surface area contributed by atoms with E-state index in [1.165, 1.54) is 37.7 Å². The number of hydrogen-bond donors (Lipinski definition) is 1. The molecule has 1 aliphatic rings. The summed E-state index contributed by atoms with van der Waals surface area (Å²) in [6.45, 7) is 6.68. The summed E-state index contributed by atoms with van der Waals surface area (Å²) in [4.78, 5) is 12.2. The van der Waals surface area contributed by atoms with E-state index in [1.54, 1.807) is 0 Å². The van der Waals surface area contributed by atoms with E-state index in [0.717, 1.165) is 18.5 Å². The van der Waals surface area contributed by atoms with Gasteiger partial charge >= 0.3 is 0 Å². The molecule has 1 saturated carbocycles. The molecular weight excluding hydrogens is 246 g/mol. The second kappa shape index (κ2) is 6.74. The fraction of sp³-hybridized carbons (Fsp3) is 0.500. The molecule has 1 aliphatic carbocycles. The Kier molecular flexibility index (Phi) is 4.99. The monoisotopic (exact) mass is 271 g/mol. The molecule has 1 N–H and O–H groups in total. The maximum atomic E-state index is 12.2. The molecule has 1 amide bonds. The average molecular weight is 271 g/mol. The maximum Gasteiger partial charge on any atom is 0.251 e. The smallest absolute Gasteiger partial charge is 0.251 e. The van der Waals surface area contributed by atoms with Crippen LogP contribution in [0.15, 0.2) is 36.9 Å². The molecule has 0 aromatic heterocycles. The van der Waals surface area contributed by atoms with E-state index < -0.39 is 0 Å². The van der Waals surface area contributed by atoms with E-state index >= 15 is 0 Å². The van der Waals surface area contributed by atoms with Gasteiger partial charge in [0.1, 0.15) is 0 Å². The van der Waals surface area contributed by atoms with Gasteiger partial charge in [-0.25, -0.2) is 0 Å². The van der Waals surface area contributed by atoms with E-state index in [4.69, 9.17) is 0 Å². The molecule has 1 aromatic rings. The molecule has 0 heterocycles. The second-order valence-corrected chi connectivity index (χ2v) is 6.10. The topological polar surface area (TPSA) is 29.1 Å². The van der Waals surface area contributed by atoms with Crippen LogP contribution in [-0.4, -0.2) is 12.5 Å². The minimum Gasteiger partial charge on any atom is -0.351 e. The Bertz CT molecular complexity index is 455. The van der Waals surface area contributed by atoms with Crippen LogP contribution in [0.25, 0.3) is 0 Å². The van der Waals surface area contributed by atoms with E-state index in [0.29, 0.717) is 0 Å². The number of rotatable bonds is 5. The molecule has 2 nitrogen and oxygen atoms in total. The van der Waals surface area contributed by atoms with Gasteiger partial charge in [-0.1, -0.05) is 43.0 Å². The van der Waals surface area contributed by atoms with Crippen molar-refractivity contribution in [2.45, 2.75) is 45.4 Å². The number of carbonyl (C=O) groups is 1. The molecule has 20 heavy (non-hydrogen) atoms. The van der Waals surface area contributed by atoms with E-state index in [-0.39, 0.29) is 11.3 Å². The van der Waals surface area contributed by atoms with Gasteiger partial charge in [0.15, 0.2) is 0 Å². The van der Waals surface area contributed by atoms with Crippen LogP contribution in [0.1, 0.15) is 54.4 Å². The largest absolute Gasteiger partial charge is 0.351 e. The summed E-state index contributed by atoms with van der Waals surface area (Å²) < 4.78 is 0. The van der Waals surface area contributed by atoms with Crippen molar-refractivity contribution in [3.05, 3.63) is 48.0 Å². The van der Waals surface area contributed by atoms with Crippen molar-refractivity contribution in [2.75, 3.05) is 6.54 Å². The highest BCUT2D eigenvalue weighted by molar-refractivity contribution is 5.94. The highest BCUT2D eigenvalue weighted by Crippen LogP contribution is 2.39. The second-order valence-electron chi connectivity index (χ2n) is 6.10. The molecule has 0 atom stereocenters. The van der Waals surface area contributed by atoms with Crippen LogP contribution < -0.4 is 5.32 Å². The maximum absolute atomic E-state index is 12.2. The van der Waals surface area contributed by atoms with Crippen molar-refractivity contribution in [3.8, 4) is 0 Å². The van der Waals surface area contributed by atoms with Crippen LogP contribution in [0.3, 0.4) is 0 Å². The molecule has 2 heteroatoms. The Labute approximate surface area is 122 Å². The molecule has 1 aromatic carbocycles. The lowest BCUT2D eigenvalue weighted by atomic mass is 9.72. The number of allylic oxidation sites excluding steroid dienone is 1. The third kappa shape index (κ3) is 3.72. The summed E-state index contributed by atoms with van der Waals surface area (Å²) in [6.07, 6.45) is 9.28. The molecule has 0 radical (unpaired) electrons. The molecule has 0 saturated heterocycles. The lowest BCUT2D eigenvalue weighted by Gasteiger charge is -2.36. The van der Waals surface area contributed by atoms with Crippen molar-refractivity contribution < 1.29 is 4.79 Å². The van der Waals surface area contributed by atoms with Gasteiger partial charge in [-0.05, 0) is 43.7 Å². The number of amides is 1. The zero-order valence-corrected chi connectivity index (χ0v) is 12.5. The highest BCUT2D eigenvalue weighted by atomic mass is 16.1. The first-order chi connectivity index (χ1) is 9.65. The van der Waals surface area contributed by atoms with Crippen LogP contribution in [-0.2, 0) is 0 Å². The summed E-state index contributed by atoms with van der Waals surface area (Å²) in [5.74, 6) is 0.0408. The van der Waals surface area contributed by atoms with Gasteiger partial charge in [0.2, 0.25) is 0 Å². The molecular formula is C18H25NO. The van der Waals surface area contributed by atoms with Crippen LogP contribution in [0.2, 0.25) is 0 Å². The van der Waals surface area contributed by atoms with Gasteiger partial charge in [-0.3, -0.25) is 4.79 Å². The fourth-order valence-corrected chi connectivity index (χ4v) is 3.14. The van der Waals surface area contributed by atoms with Crippen LogP contribution in [0.4, 0.5) is 0 Å².